The molecule has 1 aliphatic heterocycles. The molecule has 0 aliphatic carbocycles. The van der Waals surface area contributed by atoms with Crippen molar-refractivity contribution in [1.29, 1.82) is 0 Å². The first-order chi connectivity index (χ1) is 16.8. The fourth-order valence-electron chi connectivity index (χ4n) is 4.60. The summed E-state index contributed by atoms with van der Waals surface area (Å²) in [6.45, 7) is 6.87. The average molecular weight is 497 g/mol. The van der Waals surface area contributed by atoms with Crippen LogP contribution in [-0.4, -0.2) is 46.8 Å². The number of aryl methyl sites for hydroxylation is 3. The molecule has 4 rings (SSSR count). The van der Waals surface area contributed by atoms with Crippen LogP contribution in [0.1, 0.15) is 47.9 Å². The van der Waals surface area contributed by atoms with E-state index in [0.717, 1.165) is 17.5 Å². The molecule has 0 saturated carbocycles. The van der Waals surface area contributed by atoms with Gasteiger partial charge in [-0.05, 0) is 55.9 Å². The van der Waals surface area contributed by atoms with Crippen molar-refractivity contribution in [1.82, 2.24) is 19.3 Å². The van der Waals surface area contributed by atoms with Gasteiger partial charge in [-0.15, -0.1) is 0 Å². The summed E-state index contributed by atoms with van der Waals surface area (Å²) in [6, 6.07) is 12.2. The molecule has 0 atom stereocenters. The number of aromatic nitrogens is 2. The highest BCUT2D eigenvalue weighted by atomic mass is 32.2. The van der Waals surface area contributed by atoms with E-state index in [0.29, 0.717) is 31.6 Å². The molecule has 1 amide bonds. The van der Waals surface area contributed by atoms with Crippen molar-refractivity contribution in [2.24, 2.45) is 5.92 Å². The molecule has 2 aromatic heterocycles. The summed E-state index contributed by atoms with van der Waals surface area (Å²) >= 11 is 0. The molecular weight excluding hydrogens is 464 g/mol. The molecule has 0 bridgehead atoms. The Morgan fingerprint density at radius 2 is 1.71 bits per heavy atom. The van der Waals surface area contributed by atoms with Gasteiger partial charge in [0.2, 0.25) is 15.9 Å². The van der Waals surface area contributed by atoms with E-state index in [4.69, 9.17) is 4.52 Å². The Labute approximate surface area is 207 Å². The van der Waals surface area contributed by atoms with Gasteiger partial charge in [-0.1, -0.05) is 42.4 Å². The molecule has 3 heterocycles. The van der Waals surface area contributed by atoms with Crippen molar-refractivity contribution < 1.29 is 17.7 Å². The first-order valence-corrected chi connectivity index (χ1v) is 13.4. The predicted molar refractivity (Wildman–Crippen MR) is 132 cm³/mol. The number of amides is 1. The fourth-order valence-corrected chi connectivity index (χ4v) is 6.36. The summed E-state index contributed by atoms with van der Waals surface area (Å²) in [5.74, 6) is 0.0953. The minimum Gasteiger partial charge on any atom is -0.360 e. The van der Waals surface area contributed by atoms with E-state index in [1.165, 1.54) is 9.87 Å². The topological polar surface area (TPSA) is 96.6 Å². The lowest BCUT2D eigenvalue weighted by Crippen LogP contribution is -2.44. The molecule has 3 aromatic rings. The van der Waals surface area contributed by atoms with Crippen LogP contribution in [0.25, 0.3) is 0 Å². The second-order valence-electron chi connectivity index (χ2n) is 9.06. The number of piperidine rings is 1. The van der Waals surface area contributed by atoms with Gasteiger partial charge < -0.3 is 9.42 Å². The molecule has 1 saturated heterocycles. The Morgan fingerprint density at radius 1 is 1.06 bits per heavy atom. The summed E-state index contributed by atoms with van der Waals surface area (Å²) in [7, 11) is -3.71. The number of carbonyl (C=O) groups is 1. The Balaban J connectivity index is 1.48. The molecule has 9 heteroatoms. The summed E-state index contributed by atoms with van der Waals surface area (Å²) in [5.41, 5.74) is 3.64. The van der Waals surface area contributed by atoms with Crippen LogP contribution in [0.4, 0.5) is 0 Å². The standard InChI is InChI=1S/C26H32N4O4S/c1-4-21-7-9-22(10-8-21)17-29(18-23-6-5-13-27-16-23)26(31)24-11-14-30(15-12-24)35(32,33)25-19(2)28-34-20(25)3/h5-10,13,16,24H,4,11-12,14-15,17-18H2,1-3H3. The lowest BCUT2D eigenvalue weighted by molar-refractivity contribution is -0.138. The normalized spacial score (nSPS) is 15.3. The van der Waals surface area contributed by atoms with Crippen molar-refractivity contribution in [3.8, 4) is 0 Å². The largest absolute Gasteiger partial charge is 0.360 e. The van der Waals surface area contributed by atoms with E-state index in [1.807, 2.05) is 17.0 Å². The number of hydrogen-bond donors (Lipinski definition) is 0. The van der Waals surface area contributed by atoms with Gasteiger partial charge in [-0.3, -0.25) is 9.78 Å². The molecule has 1 aliphatic rings. The zero-order chi connectivity index (χ0) is 25.0. The Morgan fingerprint density at radius 3 is 2.29 bits per heavy atom. The number of rotatable bonds is 8. The van der Waals surface area contributed by atoms with E-state index in [9.17, 15) is 13.2 Å². The van der Waals surface area contributed by atoms with E-state index >= 15 is 0 Å². The molecule has 0 unspecified atom stereocenters. The molecule has 8 nitrogen and oxygen atoms in total. The van der Waals surface area contributed by atoms with Crippen LogP contribution in [-0.2, 0) is 34.3 Å². The van der Waals surface area contributed by atoms with Gasteiger partial charge in [-0.25, -0.2) is 8.42 Å². The van der Waals surface area contributed by atoms with Crippen LogP contribution in [0.5, 0.6) is 0 Å². The Hall–Kier alpha value is -3.04. The zero-order valence-corrected chi connectivity index (χ0v) is 21.3. The molecule has 0 radical (unpaired) electrons. The van der Waals surface area contributed by atoms with E-state index in [-0.39, 0.29) is 35.6 Å². The number of carbonyl (C=O) groups excluding carboxylic acids is 1. The lowest BCUT2D eigenvalue weighted by Gasteiger charge is -2.33. The van der Waals surface area contributed by atoms with Crippen LogP contribution in [0.15, 0.2) is 58.2 Å². The minimum absolute atomic E-state index is 0.0443. The zero-order valence-electron chi connectivity index (χ0n) is 20.5. The predicted octanol–water partition coefficient (Wildman–Crippen LogP) is 3.88. The second-order valence-corrected chi connectivity index (χ2v) is 10.9. The summed E-state index contributed by atoms with van der Waals surface area (Å²) in [6.07, 6.45) is 5.40. The maximum absolute atomic E-state index is 13.6. The molecule has 186 valence electrons. The number of benzene rings is 1. The fraction of sp³-hybridized carbons (Fsp3) is 0.423. The monoisotopic (exact) mass is 496 g/mol. The van der Waals surface area contributed by atoms with Gasteiger partial charge in [0.1, 0.15) is 10.6 Å². The first-order valence-electron chi connectivity index (χ1n) is 12.0. The van der Waals surface area contributed by atoms with Crippen LogP contribution in [0.2, 0.25) is 0 Å². The van der Waals surface area contributed by atoms with Crippen LogP contribution >= 0.6 is 0 Å². The summed E-state index contributed by atoms with van der Waals surface area (Å²) in [5, 5.41) is 3.79. The Kier molecular flexibility index (Phi) is 7.66. The van der Waals surface area contributed by atoms with Crippen LogP contribution in [0.3, 0.4) is 0 Å². The number of pyridine rings is 1. The lowest BCUT2D eigenvalue weighted by atomic mass is 9.96. The van der Waals surface area contributed by atoms with Gasteiger partial charge in [0, 0.05) is 44.5 Å². The van der Waals surface area contributed by atoms with Crippen molar-refractivity contribution in [2.75, 3.05) is 13.1 Å². The third kappa shape index (κ3) is 5.62. The third-order valence-electron chi connectivity index (χ3n) is 6.58. The summed E-state index contributed by atoms with van der Waals surface area (Å²) in [4.78, 5) is 19.8. The van der Waals surface area contributed by atoms with E-state index in [2.05, 4.69) is 41.3 Å². The van der Waals surface area contributed by atoms with Crippen LogP contribution < -0.4 is 0 Å². The summed E-state index contributed by atoms with van der Waals surface area (Å²) < 4.78 is 32.8. The van der Waals surface area contributed by atoms with Gasteiger partial charge in [0.05, 0.1) is 0 Å². The molecular formula is C26H32N4O4S. The number of hydrogen-bond acceptors (Lipinski definition) is 6. The highest BCUT2D eigenvalue weighted by Gasteiger charge is 2.36. The average Bonchev–Trinajstić information content (AvgIpc) is 3.22. The molecule has 0 N–H and O–H groups in total. The first kappa shape index (κ1) is 25.1. The number of sulfonamides is 1. The molecule has 1 fully saturated rings. The van der Waals surface area contributed by atoms with Crippen molar-refractivity contribution in [3.63, 3.8) is 0 Å². The maximum atomic E-state index is 13.6. The van der Waals surface area contributed by atoms with Crippen molar-refractivity contribution >= 4 is 15.9 Å². The van der Waals surface area contributed by atoms with Gasteiger partial charge in [0.25, 0.3) is 0 Å². The SMILES string of the molecule is CCc1ccc(CN(Cc2cccnc2)C(=O)C2CCN(S(=O)(=O)c3c(C)noc3C)CC2)cc1. The van der Waals surface area contributed by atoms with Gasteiger partial charge >= 0.3 is 0 Å². The third-order valence-corrected chi connectivity index (χ3v) is 8.73. The van der Waals surface area contributed by atoms with Crippen molar-refractivity contribution in [2.45, 2.75) is 58.0 Å². The number of nitrogens with zero attached hydrogens (tertiary/aromatic N) is 4. The second kappa shape index (κ2) is 10.7. The van der Waals surface area contributed by atoms with Crippen molar-refractivity contribution in [3.05, 3.63) is 76.9 Å². The van der Waals surface area contributed by atoms with Crippen LogP contribution in [0, 0.1) is 19.8 Å². The van der Waals surface area contributed by atoms with Gasteiger partial charge in [-0.2, -0.15) is 4.31 Å². The van der Waals surface area contributed by atoms with E-state index in [1.54, 1.807) is 26.2 Å². The molecule has 1 aromatic carbocycles. The molecule has 0 spiro atoms. The highest BCUT2D eigenvalue weighted by Crippen LogP contribution is 2.29. The highest BCUT2D eigenvalue weighted by molar-refractivity contribution is 7.89. The maximum Gasteiger partial charge on any atom is 0.248 e. The Bertz CT molecular complexity index is 1230. The smallest absolute Gasteiger partial charge is 0.248 e. The van der Waals surface area contributed by atoms with E-state index < -0.39 is 10.0 Å². The molecule has 35 heavy (non-hydrogen) atoms. The minimum atomic E-state index is -3.71. The quantitative estimate of drug-likeness (QED) is 0.470. The van der Waals surface area contributed by atoms with Gasteiger partial charge in [0.15, 0.2) is 5.76 Å².